The van der Waals surface area contributed by atoms with Gasteiger partial charge in [-0.2, -0.15) is 4.99 Å². The van der Waals surface area contributed by atoms with Crippen LogP contribution in [-0.4, -0.2) is 17.0 Å². The maximum Gasteiger partial charge on any atom is 1.00 e. The van der Waals surface area contributed by atoms with E-state index in [0.717, 1.165) is 0 Å². The molecular weight excluding hydrogens is 165 g/mol. The SMILES string of the molecule is SC1=NCNC(S)=N1.[Na+]. The molecule has 1 aliphatic heterocycles. The Kier molecular flexibility index (Phi) is 5.06. The summed E-state index contributed by atoms with van der Waals surface area (Å²) in [4.78, 5) is 7.58. The zero-order valence-electron chi connectivity index (χ0n) is 5.00. The van der Waals surface area contributed by atoms with E-state index in [1.165, 1.54) is 0 Å². The Bertz CT molecular complexity index is 155. The van der Waals surface area contributed by atoms with Crippen LogP contribution in [0.25, 0.3) is 0 Å². The van der Waals surface area contributed by atoms with Crippen LogP contribution < -0.4 is 34.9 Å². The van der Waals surface area contributed by atoms with Crippen LogP contribution in [0.3, 0.4) is 0 Å². The third kappa shape index (κ3) is 3.52. The molecule has 1 N–H and O–H groups in total. The molecular formula is C3H5N3NaS2+. The van der Waals surface area contributed by atoms with E-state index in [-0.39, 0.29) is 29.6 Å². The summed E-state index contributed by atoms with van der Waals surface area (Å²) >= 11 is 7.82. The number of nitrogens with zero attached hydrogens (tertiary/aromatic N) is 2. The summed E-state index contributed by atoms with van der Waals surface area (Å²) < 4.78 is 0. The van der Waals surface area contributed by atoms with Gasteiger partial charge in [0.1, 0.15) is 6.67 Å². The average molecular weight is 170 g/mol. The largest absolute Gasteiger partial charge is 1.00 e. The van der Waals surface area contributed by atoms with Crippen molar-refractivity contribution >= 4 is 35.6 Å². The summed E-state index contributed by atoms with van der Waals surface area (Å²) in [6, 6.07) is 0. The topological polar surface area (TPSA) is 36.8 Å². The van der Waals surface area contributed by atoms with Gasteiger partial charge in [-0.25, -0.2) is 4.99 Å². The molecule has 0 saturated carbocycles. The molecule has 0 aromatic heterocycles. The third-order valence-corrected chi connectivity index (χ3v) is 1.16. The molecule has 0 bridgehead atoms. The first kappa shape index (κ1) is 9.84. The van der Waals surface area contributed by atoms with E-state index >= 15 is 0 Å². The molecule has 3 nitrogen and oxygen atoms in total. The quantitative estimate of drug-likeness (QED) is 0.265. The Labute approximate surface area is 86.5 Å². The Balaban J connectivity index is 0.000000640. The Morgan fingerprint density at radius 3 is 2.44 bits per heavy atom. The maximum atomic E-state index is 3.93. The predicted molar refractivity (Wildman–Crippen MR) is 40.8 cm³/mol. The zero-order valence-corrected chi connectivity index (χ0v) is 8.78. The standard InChI is InChI=1S/C3H5N3S2.Na/c7-2-4-1-5-3(8)6-2;/h1H2,(H3,4,5,6,7,8);/q;+1. The maximum absolute atomic E-state index is 3.93. The van der Waals surface area contributed by atoms with Gasteiger partial charge >= 0.3 is 29.6 Å². The van der Waals surface area contributed by atoms with E-state index in [0.29, 0.717) is 17.0 Å². The van der Waals surface area contributed by atoms with Crippen LogP contribution in [0.5, 0.6) is 0 Å². The molecule has 44 valence electrons. The first-order valence-corrected chi connectivity index (χ1v) is 2.93. The van der Waals surface area contributed by atoms with Crippen molar-refractivity contribution in [3.63, 3.8) is 0 Å². The van der Waals surface area contributed by atoms with Crippen LogP contribution >= 0.6 is 25.3 Å². The molecule has 0 saturated heterocycles. The second-order valence-electron chi connectivity index (χ2n) is 1.23. The second-order valence-corrected chi connectivity index (χ2v) is 2.05. The van der Waals surface area contributed by atoms with Gasteiger partial charge < -0.3 is 5.32 Å². The summed E-state index contributed by atoms with van der Waals surface area (Å²) in [7, 11) is 0. The first-order valence-electron chi connectivity index (χ1n) is 2.04. The molecule has 0 amide bonds. The van der Waals surface area contributed by atoms with Gasteiger partial charge in [-0.3, -0.25) is 0 Å². The van der Waals surface area contributed by atoms with Gasteiger partial charge in [0.05, 0.1) is 0 Å². The molecule has 0 spiro atoms. The molecule has 6 heteroatoms. The number of thiol groups is 2. The van der Waals surface area contributed by atoms with E-state index in [4.69, 9.17) is 0 Å². The molecule has 0 aliphatic carbocycles. The van der Waals surface area contributed by atoms with Crippen LogP contribution in [0.15, 0.2) is 9.98 Å². The van der Waals surface area contributed by atoms with E-state index < -0.39 is 0 Å². The minimum Gasteiger partial charge on any atom is -0.346 e. The fraction of sp³-hybridized carbons (Fsp3) is 0.333. The van der Waals surface area contributed by atoms with E-state index in [1.807, 2.05) is 0 Å². The molecule has 9 heavy (non-hydrogen) atoms. The number of rotatable bonds is 0. The summed E-state index contributed by atoms with van der Waals surface area (Å²) in [6.07, 6.45) is 0. The van der Waals surface area contributed by atoms with Gasteiger partial charge in [0, 0.05) is 0 Å². The van der Waals surface area contributed by atoms with Crippen molar-refractivity contribution < 1.29 is 29.6 Å². The van der Waals surface area contributed by atoms with Crippen molar-refractivity contribution in [3.8, 4) is 0 Å². The fourth-order valence-corrected chi connectivity index (χ4v) is 0.766. The number of hydrogen-bond acceptors (Lipinski definition) is 3. The molecule has 0 unspecified atom stereocenters. The molecule has 0 aromatic rings. The smallest absolute Gasteiger partial charge is 0.346 e. The number of nitrogens with one attached hydrogen (secondary N) is 1. The second kappa shape index (κ2) is 4.62. The van der Waals surface area contributed by atoms with E-state index in [2.05, 4.69) is 40.6 Å². The molecule has 0 radical (unpaired) electrons. The number of amidine groups is 2. The normalized spacial score (nSPS) is 16.7. The van der Waals surface area contributed by atoms with Crippen LogP contribution in [0.1, 0.15) is 0 Å². The molecule has 0 atom stereocenters. The third-order valence-electron chi connectivity index (χ3n) is 0.664. The minimum absolute atomic E-state index is 0. The number of hydrogen-bond donors (Lipinski definition) is 3. The van der Waals surface area contributed by atoms with Crippen molar-refractivity contribution in [2.75, 3.05) is 6.67 Å². The Morgan fingerprint density at radius 1 is 1.44 bits per heavy atom. The van der Waals surface area contributed by atoms with Gasteiger partial charge in [-0.1, -0.05) is 0 Å². The summed E-state index contributed by atoms with van der Waals surface area (Å²) in [6.45, 7) is 0.529. The van der Waals surface area contributed by atoms with Crippen LogP contribution in [-0.2, 0) is 0 Å². The van der Waals surface area contributed by atoms with Crippen LogP contribution in [0, 0.1) is 0 Å². The predicted octanol–water partition coefficient (Wildman–Crippen LogP) is -2.88. The summed E-state index contributed by atoms with van der Waals surface area (Å²) in [5.74, 6) is 0. The van der Waals surface area contributed by atoms with Gasteiger partial charge in [0.2, 0.25) is 0 Å². The van der Waals surface area contributed by atoms with E-state index in [1.54, 1.807) is 0 Å². The Hall–Kier alpha value is 0.840. The molecule has 1 heterocycles. The minimum atomic E-state index is 0. The first-order chi connectivity index (χ1) is 3.79. The van der Waals surface area contributed by atoms with Crippen LogP contribution in [0.2, 0.25) is 0 Å². The van der Waals surface area contributed by atoms with Crippen molar-refractivity contribution in [2.24, 2.45) is 9.98 Å². The van der Waals surface area contributed by atoms with Crippen LogP contribution in [0.4, 0.5) is 0 Å². The van der Waals surface area contributed by atoms with Crippen molar-refractivity contribution in [1.82, 2.24) is 5.32 Å². The van der Waals surface area contributed by atoms with Gasteiger partial charge in [0.15, 0.2) is 10.3 Å². The summed E-state index contributed by atoms with van der Waals surface area (Å²) in [5.41, 5.74) is 0. The number of aliphatic imine (C=N–C) groups is 2. The fourth-order valence-electron chi connectivity index (χ4n) is 0.351. The monoisotopic (exact) mass is 170 g/mol. The molecule has 0 fully saturated rings. The zero-order chi connectivity index (χ0) is 5.98. The van der Waals surface area contributed by atoms with Gasteiger partial charge in [0.25, 0.3) is 0 Å². The Morgan fingerprint density at radius 2 is 2.11 bits per heavy atom. The molecule has 1 aliphatic rings. The average Bonchev–Trinajstić information content (AvgIpc) is 1.64. The van der Waals surface area contributed by atoms with Gasteiger partial charge in [-0.05, 0) is 0 Å². The van der Waals surface area contributed by atoms with Crippen molar-refractivity contribution in [3.05, 3.63) is 0 Å². The van der Waals surface area contributed by atoms with Crippen molar-refractivity contribution in [2.45, 2.75) is 0 Å². The van der Waals surface area contributed by atoms with Crippen molar-refractivity contribution in [1.29, 1.82) is 0 Å². The van der Waals surface area contributed by atoms with Gasteiger partial charge in [-0.15, -0.1) is 25.3 Å². The molecule has 0 aromatic carbocycles. The van der Waals surface area contributed by atoms with E-state index in [9.17, 15) is 0 Å². The summed E-state index contributed by atoms with van der Waals surface area (Å²) in [5, 5.41) is 3.84. The molecule has 1 rings (SSSR count).